The molecule has 2 aromatic carbocycles. The number of esters is 1. The molecule has 2 aliphatic heterocycles. The number of benzene rings is 2. The van der Waals surface area contributed by atoms with Gasteiger partial charge >= 0.3 is 5.97 Å². The first kappa shape index (κ1) is 26.0. The Morgan fingerprint density at radius 1 is 1.08 bits per heavy atom. The van der Waals surface area contributed by atoms with Crippen molar-refractivity contribution in [2.24, 2.45) is 4.99 Å². The number of carbonyl (C=O) groups is 3. The van der Waals surface area contributed by atoms with Gasteiger partial charge < -0.3 is 19.5 Å². The third-order valence-electron chi connectivity index (χ3n) is 5.85. The number of thioether (sulfide) groups is 1. The molecule has 2 amide bonds. The summed E-state index contributed by atoms with van der Waals surface area (Å²) in [5, 5.41) is 3.10. The van der Waals surface area contributed by atoms with Crippen LogP contribution in [0.2, 0.25) is 0 Å². The quantitative estimate of drug-likeness (QED) is 0.525. The van der Waals surface area contributed by atoms with Crippen LogP contribution in [0, 0.1) is 0 Å². The minimum atomic E-state index is -0.734. The third-order valence-corrected chi connectivity index (χ3v) is 6.84. The molecule has 0 saturated heterocycles. The summed E-state index contributed by atoms with van der Waals surface area (Å²) in [7, 11) is 3.07. The van der Waals surface area contributed by atoms with E-state index < -0.39 is 23.8 Å². The Hall–Kier alpha value is -4.05. The lowest BCUT2D eigenvalue weighted by Gasteiger charge is -2.38. The summed E-state index contributed by atoms with van der Waals surface area (Å²) < 4.78 is 16.3. The minimum absolute atomic E-state index is 0.174. The van der Waals surface area contributed by atoms with Crippen LogP contribution in [0.25, 0.3) is 0 Å². The maximum atomic E-state index is 13.5. The van der Waals surface area contributed by atoms with Crippen molar-refractivity contribution < 1.29 is 28.6 Å². The number of hydrogen-bond donors (Lipinski definition) is 1. The van der Waals surface area contributed by atoms with E-state index in [0.717, 1.165) is 17.3 Å². The highest BCUT2D eigenvalue weighted by molar-refractivity contribution is 8.18. The van der Waals surface area contributed by atoms with Crippen LogP contribution in [0.3, 0.4) is 0 Å². The number of nitrogens with one attached hydrogen (secondary N) is 1. The van der Waals surface area contributed by atoms with Crippen LogP contribution in [0.5, 0.6) is 11.5 Å². The lowest BCUT2D eigenvalue weighted by atomic mass is 9.94. The molecular formula is C27H27N3O6S. The highest BCUT2D eigenvalue weighted by Crippen LogP contribution is 2.39. The number of amidine groups is 1. The molecule has 0 aromatic heterocycles. The Kier molecular flexibility index (Phi) is 7.98. The molecule has 2 aromatic rings. The summed E-state index contributed by atoms with van der Waals surface area (Å²) in [5.74, 6) is -0.399. The van der Waals surface area contributed by atoms with E-state index in [1.807, 2.05) is 18.2 Å². The fraction of sp³-hybridized carbons (Fsp3) is 0.259. The van der Waals surface area contributed by atoms with Crippen molar-refractivity contribution in [3.63, 3.8) is 0 Å². The van der Waals surface area contributed by atoms with Gasteiger partial charge in [0.25, 0.3) is 11.8 Å². The molecule has 0 saturated carbocycles. The van der Waals surface area contributed by atoms with Crippen LogP contribution in [0.15, 0.2) is 75.8 Å². The van der Waals surface area contributed by atoms with Crippen LogP contribution in [0.1, 0.15) is 19.4 Å². The number of ether oxygens (including phenoxy) is 3. The maximum Gasteiger partial charge on any atom is 0.337 e. The molecule has 0 radical (unpaired) electrons. The van der Waals surface area contributed by atoms with Gasteiger partial charge in [-0.25, -0.2) is 9.79 Å². The number of rotatable bonds is 8. The molecule has 0 aliphatic carbocycles. The third kappa shape index (κ3) is 5.39. The maximum absolute atomic E-state index is 13.5. The van der Waals surface area contributed by atoms with Gasteiger partial charge in [-0.1, -0.05) is 30.3 Å². The van der Waals surface area contributed by atoms with E-state index in [4.69, 9.17) is 14.2 Å². The van der Waals surface area contributed by atoms with Gasteiger partial charge in [-0.15, -0.1) is 0 Å². The van der Waals surface area contributed by atoms with E-state index in [-0.39, 0.29) is 23.5 Å². The molecule has 4 rings (SSSR count). The van der Waals surface area contributed by atoms with Crippen molar-refractivity contribution in [2.45, 2.75) is 26.3 Å². The van der Waals surface area contributed by atoms with Gasteiger partial charge in [-0.2, -0.15) is 0 Å². The second kappa shape index (κ2) is 11.3. The van der Waals surface area contributed by atoms with Gasteiger partial charge in [-0.3, -0.25) is 14.5 Å². The minimum Gasteiger partial charge on any atom is -0.493 e. The molecule has 0 bridgehead atoms. The Bertz CT molecular complexity index is 1320. The number of carbonyl (C=O) groups excluding carboxylic acids is 3. The average Bonchev–Trinajstić information content (AvgIpc) is 2.88. The average molecular weight is 522 g/mol. The number of para-hydroxylation sites is 2. The Morgan fingerprint density at radius 3 is 2.51 bits per heavy atom. The van der Waals surface area contributed by atoms with Gasteiger partial charge in [0.1, 0.15) is 0 Å². The first-order chi connectivity index (χ1) is 17.9. The zero-order chi connectivity index (χ0) is 26.5. The molecule has 2 aliphatic rings. The van der Waals surface area contributed by atoms with Gasteiger partial charge in [0, 0.05) is 23.7 Å². The first-order valence-corrected chi connectivity index (χ1v) is 12.4. The number of hydrogen-bond acceptors (Lipinski definition) is 8. The lowest BCUT2D eigenvalue weighted by molar-refractivity contribution is -0.139. The second-order valence-electron chi connectivity index (χ2n) is 8.13. The predicted octanol–water partition coefficient (Wildman–Crippen LogP) is 3.92. The number of allylic oxidation sites excluding steroid dienone is 1. The normalized spacial score (nSPS) is 16.9. The van der Waals surface area contributed by atoms with Crippen molar-refractivity contribution in [3.8, 4) is 11.5 Å². The summed E-state index contributed by atoms with van der Waals surface area (Å²) in [5.41, 5.74) is 2.03. The first-order valence-electron chi connectivity index (χ1n) is 11.6. The number of amides is 2. The summed E-state index contributed by atoms with van der Waals surface area (Å²) in [6.07, 6.45) is 1.50. The van der Waals surface area contributed by atoms with Crippen molar-refractivity contribution in [2.75, 3.05) is 26.1 Å². The van der Waals surface area contributed by atoms with E-state index in [2.05, 4.69) is 10.3 Å². The van der Waals surface area contributed by atoms with Crippen LogP contribution in [0.4, 0.5) is 5.69 Å². The van der Waals surface area contributed by atoms with E-state index in [9.17, 15) is 14.4 Å². The monoisotopic (exact) mass is 521 g/mol. The highest BCUT2D eigenvalue weighted by Gasteiger charge is 2.42. The van der Waals surface area contributed by atoms with E-state index in [0.29, 0.717) is 28.1 Å². The zero-order valence-electron chi connectivity index (χ0n) is 20.9. The Labute approximate surface area is 219 Å². The molecule has 0 spiro atoms. The predicted molar refractivity (Wildman–Crippen MR) is 141 cm³/mol. The standard InChI is InChI=1S/C27H27N3O6S/c1-5-36-26(33)23-16(2)28-27-30(19(23)14-17-10-9-13-20(34-3)24(17)35-4)22(31)15-21(37-27)25(32)29-18-11-7-6-8-12-18/h6-13,15,19H,5,14H2,1-4H3,(H,29,32)/t19-/m1/s1. The van der Waals surface area contributed by atoms with E-state index in [1.54, 1.807) is 51.3 Å². The number of aliphatic imine (C=N–C) groups is 1. The molecule has 1 atom stereocenters. The van der Waals surface area contributed by atoms with Crippen molar-refractivity contribution in [3.05, 3.63) is 76.3 Å². The zero-order valence-corrected chi connectivity index (χ0v) is 21.8. The largest absolute Gasteiger partial charge is 0.493 e. The molecule has 0 unspecified atom stereocenters. The molecular weight excluding hydrogens is 494 g/mol. The molecule has 2 heterocycles. The second-order valence-corrected chi connectivity index (χ2v) is 9.13. The number of methoxy groups -OCH3 is 2. The summed E-state index contributed by atoms with van der Waals surface area (Å²) in [6.45, 7) is 3.58. The fourth-order valence-corrected chi connectivity index (χ4v) is 5.22. The smallest absolute Gasteiger partial charge is 0.337 e. The summed E-state index contributed by atoms with van der Waals surface area (Å²) >= 11 is 1.07. The molecule has 10 heteroatoms. The highest BCUT2D eigenvalue weighted by atomic mass is 32.2. The molecule has 37 heavy (non-hydrogen) atoms. The SMILES string of the molecule is CCOC(=O)C1=C(C)N=C2SC(C(=O)Nc3ccccc3)=CC(=O)N2[C@@H]1Cc1cccc(OC)c1OC. The number of nitrogens with zero attached hydrogens (tertiary/aromatic N) is 2. The van der Waals surface area contributed by atoms with Crippen molar-refractivity contribution in [1.29, 1.82) is 0 Å². The summed E-state index contributed by atoms with van der Waals surface area (Å²) in [6, 6.07) is 13.7. The number of anilines is 1. The number of fused-ring (bicyclic) bond motifs is 1. The summed E-state index contributed by atoms with van der Waals surface area (Å²) in [4.78, 5) is 45.5. The molecule has 1 N–H and O–H groups in total. The molecule has 192 valence electrons. The van der Waals surface area contributed by atoms with Crippen molar-refractivity contribution in [1.82, 2.24) is 4.90 Å². The molecule has 0 fully saturated rings. The van der Waals surface area contributed by atoms with Crippen LogP contribution in [-0.2, 0) is 25.5 Å². The van der Waals surface area contributed by atoms with Gasteiger partial charge in [0.2, 0.25) is 0 Å². The Balaban J connectivity index is 1.72. The van der Waals surface area contributed by atoms with Gasteiger partial charge in [0.15, 0.2) is 16.7 Å². The van der Waals surface area contributed by atoms with E-state index in [1.165, 1.54) is 18.1 Å². The van der Waals surface area contributed by atoms with Crippen molar-refractivity contribution >= 4 is 40.4 Å². The Morgan fingerprint density at radius 2 is 1.84 bits per heavy atom. The van der Waals surface area contributed by atoms with Gasteiger partial charge in [-0.05, 0) is 43.8 Å². The van der Waals surface area contributed by atoms with Gasteiger partial charge in [0.05, 0.1) is 43.0 Å². The fourth-order valence-electron chi connectivity index (χ4n) is 4.23. The van der Waals surface area contributed by atoms with Crippen LogP contribution >= 0.6 is 11.8 Å². The van der Waals surface area contributed by atoms with E-state index >= 15 is 0 Å². The lowest BCUT2D eigenvalue weighted by Crippen LogP contribution is -2.50. The van der Waals surface area contributed by atoms with Crippen LogP contribution in [-0.4, -0.2) is 54.7 Å². The van der Waals surface area contributed by atoms with Crippen LogP contribution < -0.4 is 14.8 Å². The topological polar surface area (TPSA) is 107 Å². The molecule has 9 nitrogen and oxygen atoms in total.